The van der Waals surface area contributed by atoms with Crippen LogP contribution in [0.25, 0.3) is 58.1 Å². The summed E-state index contributed by atoms with van der Waals surface area (Å²) >= 11 is 8.68. The number of aryl methyl sites for hydroxylation is 5. The summed E-state index contributed by atoms with van der Waals surface area (Å²) in [5.41, 5.74) is 21.0. The molecule has 0 spiro atoms. The van der Waals surface area contributed by atoms with Crippen molar-refractivity contribution in [2.75, 3.05) is 18.4 Å². The van der Waals surface area contributed by atoms with Crippen LogP contribution in [0.3, 0.4) is 0 Å². The predicted octanol–water partition coefficient (Wildman–Crippen LogP) is 25.7. The number of pyridine rings is 2. The molecule has 1 N–H and O–H groups in total. The van der Waals surface area contributed by atoms with E-state index in [1.807, 2.05) is 162 Å². The fourth-order valence-electron chi connectivity index (χ4n) is 13.5. The minimum atomic E-state index is 0.637. The lowest BCUT2D eigenvalue weighted by Crippen LogP contribution is -2.19. The average molecular weight is 1660 g/mol. The Hall–Kier alpha value is -13.1. The number of para-hydroxylation sites is 3. The van der Waals surface area contributed by atoms with E-state index >= 15 is 0 Å². The zero-order chi connectivity index (χ0) is 81.6. The summed E-state index contributed by atoms with van der Waals surface area (Å²) in [5, 5.41) is 17.3. The van der Waals surface area contributed by atoms with E-state index in [0.717, 1.165) is 71.4 Å². The summed E-state index contributed by atoms with van der Waals surface area (Å²) in [6, 6.07) is 85.4. The van der Waals surface area contributed by atoms with Crippen molar-refractivity contribution in [3.8, 4) is 0 Å². The second-order valence-corrected chi connectivity index (χ2v) is 32.5. The minimum absolute atomic E-state index is 0.637. The maximum Gasteiger partial charge on any atom is 0.252 e. The van der Waals surface area contributed by atoms with Crippen molar-refractivity contribution in [3.05, 3.63) is 423 Å². The van der Waals surface area contributed by atoms with E-state index in [0.29, 0.717) is 5.78 Å². The number of aliphatic imine (C=N–C) groups is 3. The zero-order valence-electron chi connectivity index (χ0n) is 66.6. The van der Waals surface area contributed by atoms with Gasteiger partial charge in [-0.1, -0.05) is 206 Å². The largest absolute Gasteiger partial charge is 0.369 e. The Kier molecular flexibility index (Phi) is 31.6. The molecule has 0 saturated carbocycles. The normalized spacial score (nSPS) is 13.3. The maximum absolute atomic E-state index is 4.18. The summed E-state index contributed by atoms with van der Waals surface area (Å²) in [4.78, 5) is 41.5. The number of rotatable bonds is 0. The first-order valence-electron chi connectivity index (χ1n) is 40.1. The van der Waals surface area contributed by atoms with Gasteiger partial charge in [0.05, 0.1) is 32.6 Å². The molecule has 0 unspecified atom stereocenters. The molecule has 0 radical (unpaired) electrons. The van der Waals surface area contributed by atoms with Crippen LogP contribution in [-0.4, -0.2) is 80.6 Å². The van der Waals surface area contributed by atoms with E-state index in [4.69, 9.17) is 0 Å². The van der Waals surface area contributed by atoms with Crippen molar-refractivity contribution in [2.45, 2.75) is 70.6 Å². The highest BCUT2D eigenvalue weighted by molar-refractivity contribution is 7.18. The number of nitrogens with one attached hydrogen (secondary N) is 1. The lowest BCUT2D eigenvalue weighted by atomic mass is 9.95. The van der Waals surface area contributed by atoms with Gasteiger partial charge in [-0.25, -0.2) is 34.4 Å². The summed E-state index contributed by atoms with van der Waals surface area (Å²) in [5.74, 6) is 2.79. The Morgan fingerprint density at radius 2 is 1.01 bits per heavy atom. The highest BCUT2D eigenvalue weighted by Gasteiger charge is 2.12. The molecule has 0 saturated heterocycles. The van der Waals surface area contributed by atoms with Gasteiger partial charge < -0.3 is 14.6 Å². The minimum Gasteiger partial charge on any atom is -0.369 e. The predicted molar refractivity (Wildman–Crippen MR) is 511 cm³/mol. The molecule has 15 heterocycles. The molecule has 0 amide bonds. The topological polar surface area (TPSA) is 151 Å². The van der Waals surface area contributed by atoms with Gasteiger partial charge in [-0.2, -0.15) is 10.1 Å². The third kappa shape index (κ3) is 25.2. The van der Waals surface area contributed by atoms with E-state index in [-0.39, 0.29) is 0 Å². The number of imidazole rings is 1. The Morgan fingerprint density at radius 3 is 1.65 bits per heavy atom. The fraction of sp³-hybridized carbons (Fsp3) is 0.129. The number of fused-ring (bicyclic) bond motifs is 13. The second-order valence-electron chi connectivity index (χ2n) is 27.9. The van der Waals surface area contributed by atoms with Crippen LogP contribution in [0, 0.1) is 0 Å². The number of allylic oxidation sites excluding steroid dienone is 5. The van der Waals surface area contributed by atoms with Crippen LogP contribution in [0.5, 0.6) is 0 Å². The molecule has 596 valence electrons. The standard InChI is InChI=1S/C11H10.2C9H10.C8H8N2.2C8H7N.2C8H6S.C7H6N2.2C7H5NS.C6H8N2S.C5H4N4/c1-9-6-7-10-4-2-3-5-11(10)8-9;2*1-2-5-9-7-3-6-8(9)4-1;1-2-6-10-7-3-5-9-8(10)4-1;4*1-2-4-8-7(3-1)5-6-9-8;1-2-5-9-6-4-8-7(9)3-1;1-2-6-3-5-9-7(6)8-4-1;1-2-4-7-6(3-1)8-5-9-7;1-2-5-6(7-3-1)8-4-9-5;1-2-6-5-7-4-8-9(5)3-1/h2-7H,1,8H2;2*1-2,4-5H,3,6-7H2;1-5,7H,6H2;2*1-4,6H,5H2;3*1-6H;2*1-5H;4,7H,1-3H2;1-4H. The third-order valence-corrected chi connectivity index (χ3v) is 24.0. The number of nitrogens with zero attached hydrogens (tertiary/aromatic N) is 13. The van der Waals surface area contributed by atoms with Gasteiger partial charge in [0.25, 0.3) is 5.78 Å². The Morgan fingerprint density at radius 1 is 0.417 bits per heavy atom. The van der Waals surface area contributed by atoms with E-state index < -0.39 is 0 Å². The van der Waals surface area contributed by atoms with Crippen molar-refractivity contribution in [1.29, 1.82) is 0 Å². The second kappa shape index (κ2) is 45.5. The highest BCUT2D eigenvalue weighted by atomic mass is 32.1. The zero-order valence-corrected chi connectivity index (χ0v) is 70.7. The fourth-order valence-corrected chi connectivity index (χ4v) is 17.3. The first-order valence-corrected chi connectivity index (χ1v) is 44.5. The van der Waals surface area contributed by atoms with Gasteiger partial charge in [0.1, 0.15) is 28.4 Å². The monoisotopic (exact) mass is 1660 g/mol. The molecule has 18 aromatic rings. The van der Waals surface area contributed by atoms with Crippen LogP contribution in [0.4, 0.5) is 17.2 Å². The van der Waals surface area contributed by atoms with Crippen LogP contribution in [-0.2, 0) is 51.4 Å². The number of hydrogen-bond acceptors (Lipinski definition) is 17. The summed E-state index contributed by atoms with van der Waals surface area (Å²) in [6.07, 6.45) is 45.9. The summed E-state index contributed by atoms with van der Waals surface area (Å²) in [6.45, 7) is 5.96. The van der Waals surface area contributed by atoms with Gasteiger partial charge in [0.15, 0.2) is 0 Å². The number of thiophene rings is 3. The van der Waals surface area contributed by atoms with E-state index in [2.05, 4.69) is 265 Å². The number of anilines is 1. The molecule has 120 heavy (non-hydrogen) atoms. The van der Waals surface area contributed by atoms with Gasteiger partial charge in [-0.15, -0.1) is 56.7 Å². The SMILES string of the molecule is C1=CCN2C=CC=NC2=C1.C1=Nc2ccccc2C1.C1=Nc2ccccc2C1.C=C1C=Cc2ccccc2C1.c1ccc2c(c1)CCC2.c1ccc2c(c1)CCC2.c1ccc2sccc2c1.c1ccc2sccc2c1.c1ccc2scnc2c1.c1ccn2ccnc2c1.c1cnc2ncnn2c1.c1cnc2sccc2c1.c1nc2c(s1)CCCN2. The van der Waals surface area contributed by atoms with Gasteiger partial charge in [0, 0.05) is 108 Å². The highest BCUT2D eigenvalue weighted by Crippen LogP contribution is 2.28. The van der Waals surface area contributed by atoms with E-state index in [1.165, 1.54) is 121 Å². The van der Waals surface area contributed by atoms with Crippen LogP contribution >= 0.6 is 56.7 Å². The number of aromatic nitrogens is 9. The Bertz CT molecular complexity index is 5560. The molecule has 8 aliphatic rings. The smallest absolute Gasteiger partial charge is 0.252 e. The van der Waals surface area contributed by atoms with Gasteiger partial charge in [0.2, 0.25) is 0 Å². The molecule has 0 bridgehead atoms. The van der Waals surface area contributed by atoms with Gasteiger partial charge in [-0.05, 0) is 220 Å². The van der Waals surface area contributed by atoms with Crippen molar-refractivity contribution in [1.82, 2.24) is 48.8 Å². The van der Waals surface area contributed by atoms with E-state index in [9.17, 15) is 0 Å². The summed E-state index contributed by atoms with van der Waals surface area (Å²) < 4.78 is 7.59. The Labute approximate surface area is 721 Å². The molecule has 19 heteroatoms. The van der Waals surface area contributed by atoms with E-state index in [1.54, 1.807) is 102 Å². The van der Waals surface area contributed by atoms with Crippen LogP contribution in [0.15, 0.2) is 389 Å². The number of benzene rings is 8. The van der Waals surface area contributed by atoms with Crippen molar-refractivity contribution in [2.24, 2.45) is 15.0 Å². The summed E-state index contributed by atoms with van der Waals surface area (Å²) in [7, 11) is 0. The average Bonchev–Trinajstić information content (AvgIpc) is 1.79. The lowest BCUT2D eigenvalue weighted by molar-refractivity contribution is 0.502. The third-order valence-electron chi connectivity index (χ3n) is 19.7. The van der Waals surface area contributed by atoms with Gasteiger partial charge >= 0.3 is 0 Å². The van der Waals surface area contributed by atoms with Crippen molar-refractivity contribution < 1.29 is 0 Å². The first kappa shape index (κ1) is 83.4. The molecule has 8 aromatic carbocycles. The molecular formula is C101H92N14S5. The number of hydrogen-bond donors (Lipinski definition) is 1. The molecule has 14 nitrogen and oxygen atoms in total. The molecule has 0 atom stereocenters. The first-order chi connectivity index (χ1) is 59.5. The van der Waals surface area contributed by atoms with Crippen LogP contribution < -0.4 is 5.32 Å². The number of thiazole rings is 2. The molecule has 5 aliphatic heterocycles. The quantitative estimate of drug-likeness (QED) is 0.156. The maximum atomic E-state index is 4.18. The van der Waals surface area contributed by atoms with Crippen molar-refractivity contribution in [3.63, 3.8) is 0 Å². The molecule has 26 rings (SSSR count). The van der Waals surface area contributed by atoms with Crippen LogP contribution in [0.2, 0.25) is 0 Å². The molecule has 0 fully saturated rings. The molecular weight excluding hydrogens is 1570 g/mol. The Balaban J connectivity index is 0.000000106. The lowest BCUT2D eigenvalue weighted by Gasteiger charge is -2.22. The molecule has 3 aliphatic carbocycles. The molecule has 10 aromatic heterocycles. The van der Waals surface area contributed by atoms with Crippen LogP contribution in [0.1, 0.15) is 68.6 Å². The van der Waals surface area contributed by atoms with Gasteiger partial charge in [-0.3, -0.25) is 9.98 Å². The van der Waals surface area contributed by atoms with Crippen molar-refractivity contribution >= 4 is 151 Å².